The lowest BCUT2D eigenvalue weighted by molar-refractivity contribution is -0.134. The summed E-state index contributed by atoms with van der Waals surface area (Å²) in [7, 11) is 1.56. The van der Waals surface area contributed by atoms with Crippen molar-refractivity contribution in [2.24, 2.45) is 0 Å². The van der Waals surface area contributed by atoms with Crippen LogP contribution in [0.2, 0.25) is 0 Å². The van der Waals surface area contributed by atoms with E-state index in [0.29, 0.717) is 17.9 Å². The van der Waals surface area contributed by atoms with Crippen molar-refractivity contribution in [1.29, 1.82) is 0 Å². The maximum Gasteiger partial charge on any atom is 0.311 e. The van der Waals surface area contributed by atoms with Gasteiger partial charge >= 0.3 is 5.97 Å². The Morgan fingerprint density at radius 2 is 2.07 bits per heavy atom. The van der Waals surface area contributed by atoms with Crippen LogP contribution in [0.15, 0.2) is 18.2 Å². The Balaban J connectivity index is 2.82. The predicted molar refractivity (Wildman–Crippen MR) is 58.3 cm³/mol. The molecule has 0 aliphatic carbocycles. The second-order valence-electron chi connectivity index (χ2n) is 3.38. The van der Waals surface area contributed by atoms with Gasteiger partial charge in [-0.05, 0) is 31.0 Å². The van der Waals surface area contributed by atoms with Crippen LogP contribution in [-0.4, -0.2) is 13.1 Å². The molecule has 1 aromatic rings. The molecule has 3 nitrogen and oxygen atoms in total. The summed E-state index contributed by atoms with van der Waals surface area (Å²) in [4.78, 5) is 11.3. The van der Waals surface area contributed by atoms with Gasteiger partial charge in [-0.15, -0.1) is 0 Å². The zero-order valence-corrected chi connectivity index (χ0v) is 9.37. The van der Waals surface area contributed by atoms with Gasteiger partial charge in [-0.25, -0.2) is 0 Å². The largest absolute Gasteiger partial charge is 0.493 e. The molecular formula is C12H16O3. The Labute approximate surface area is 90.0 Å². The minimum absolute atomic E-state index is 0.221. The van der Waals surface area contributed by atoms with Crippen molar-refractivity contribution in [2.45, 2.75) is 26.7 Å². The molecule has 1 rings (SSSR count). The van der Waals surface area contributed by atoms with E-state index < -0.39 is 0 Å². The average molecular weight is 208 g/mol. The lowest BCUT2D eigenvalue weighted by Crippen LogP contribution is -2.07. The van der Waals surface area contributed by atoms with Crippen molar-refractivity contribution < 1.29 is 14.3 Å². The number of esters is 1. The van der Waals surface area contributed by atoms with E-state index in [4.69, 9.17) is 9.47 Å². The van der Waals surface area contributed by atoms with Gasteiger partial charge in [0.15, 0.2) is 11.5 Å². The molecule has 0 fully saturated rings. The molecular weight excluding hydrogens is 192 g/mol. The molecule has 0 aromatic heterocycles. The molecule has 0 saturated heterocycles. The highest BCUT2D eigenvalue weighted by Gasteiger charge is 2.08. The second kappa shape index (κ2) is 5.39. The first-order chi connectivity index (χ1) is 7.17. The molecule has 82 valence electrons. The summed E-state index contributed by atoms with van der Waals surface area (Å²) in [5, 5.41) is 0. The van der Waals surface area contributed by atoms with Crippen molar-refractivity contribution in [3.8, 4) is 11.5 Å². The van der Waals surface area contributed by atoms with E-state index in [1.54, 1.807) is 19.2 Å². The molecule has 0 aliphatic rings. The van der Waals surface area contributed by atoms with Crippen molar-refractivity contribution in [2.75, 3.05) is 7.11 Å². The van der Waals surface area contributed by atoms with Gasteiger partial charge in [0.25, 0.3) is 0 Å². The maximum atomic E-state index is 11.3. The number of benzene rings is 1. The highest BCUT2D eigenvalue weighted by molar-refractivity contribution is 5.73. The normalized spacial score (nSPS) is 9.80. The minimum Gasteiger partial charge on any atom is -0.493 e. The van der Waals surface area contributed by atoms with E-state index in [-0.39, 0.29) is 5.97 Å². The van der Waals surface area contributed by atoms with Gasteiger partial charge in [-0.1, -0.05) is 13.0 Å². The molecule has 0 aliphatic heterocycles. The number of ether oxygens (including phenoxy) is 2. The predicted octanol–water partition coefficient (Wildman–Crippen LogP) is 2.71. The number of carbonyl (C=O) groups is 1. The highest BCUT2D eigenvalue weighted by atomic mass is 16.6. The zero-order chi connectivity index (χ0) is 11.3. The van der Waals surface area contributed by atoms with Crippen LogP contribution in [0, 0.1) is 6.92 Å². The Bertz CT molecular complexity index is 345. The van der Waals surface area contributed by atoms with Gasteiger partial charge in [0.05, 0.1) is 7.11 Å². The second-order valence-corrected chi connectivity index (χ2v) is 3.38. The minimum atomic E-state index is -0.221. The van der Waals surface area contributed by atoms with E-state index in [9.17, 15) is 4.79 Å². The summed E-state index contributed by atoms with van der Waals surface area (Å²) in [5.41, 5.74) is 1.04. The third kappa shape index (κ3) is 3.27. The van der Waals surface area contributed by atoms with Crippen LogP contribution in [0.5, 0.6) is 11.5 Å². The molecule has 0 unspecified atom stereocenters. The van der Waals surface area contributed by atoms with Crippen molar-refractivity contribution >= 4 is 5.97 Å². The Hall–Kier alpha value is -1.51. The third-order valence-electron chi connectivity index (χ3n) is 2.00. The van der Waals surface area contributed by atoms with Crippen molar-refractivity contribution in [1.82, 2.24) is 0 Å². The van der Waals surface area contributed by atoms with E-state index in [2.05, 4.69) is 0 Å². The van der Waals surface area contributed by atoms with Gasteiger partial charge in [-0.2, -0.15) is 0 Å². The molecule has 0 atom stereocenters. The maximum absolute atomic E-state index is 11.3. The third-order valence-corrected chi connectivity index (χ3v) is 2.00. The number of aryl methyl sites for hydroxylation is 1. The first-order valence-corrected chi connectivity index (χ1v) is 5.02. The first kappa shape index (κ1) is 11.6. The van der Waals surface area contributed by atoms with E-state index >= 15 is 0 Å². The van der Waals surface area contributed by atoms with Gasteiger partial charge < -0.3 is 9.47 Å². The smallest absolute Gasteiger partial charge is 0.311 e. The molecule has 0 amide bonds. The molecule has 0 heterocycles. The monoisotopic (exact) mass is 208 g/mol. The molecule has 0 bridgehead atoms. The molecule has 0 spiro atoms. The van der Waals surface area contributed by atoms with Crippen LogP contribution in [-0.2, 0) is 4.79 Å². The van der Waals surface area contributed by atoms with Gasteiger partial charge in [-0.3, -0.25) is 4.79 Å². The van der Waals surface area contributed by atoms with Crippen LogP contribution < -0.4 is 9.47 Å². The molecule has 0 N–H and O–H groups in total. The topological polar surface area (TPSA) is 35.5 Å². The van der Waals surface area contributed by atoms with Crippen LogP contribution in [0.1, 0.15) is 25.3 Å². The lowest BCUT2D eigenvalue weighted by Gasteiger charge is -2.09. The number of rotatable bonds is 4. The molecule has 0 radical (unpaired) electrons. The summed E-state index contributed by atoms with van der Waals surface area (Å²) in [6.07, 6.45) is 1.21. The van der Waals surface area contributed by atoms with E-state index in [0.717, 1.165) is 12.0 Å². The molecule has 15 heavy (non-hydrogen) atoms. The van der Waals surface area contributed by atoms with Gasteiger partial charge in [0, 0.05) is 6.42 Å². The number of hydrogen-bond acceptors (Lipinski definition) is 3. The molecule has 1 aromatic carbocycles. The lowest BCUT2D eigenvalue weighted by atomic mass is 10.2. The fourth-order valence-electron chi connectivity index (χ4n) is 1.24. The van der Waals surface area contributed by atoms with Gasteiger partial charge in [0.2, 0.25) is 0 Å². The number of carbonyl (C=O) groups excluding carboxylic acids is 1. The average Bonchev–Trinajstić information content (AvgIpc) is 2.18. The Morgan fingerprint density at radius 3 is 2.67 bits per heavy atom. The van der Waals surface area contributed by atoms with Crippen LogP contribution >= 0.6 is 0 Å². The molecule has 0 saturated carbocycles. The van der Waals surface area contributed by atoms with Crippen LogP contribution in [0.4, 0.5) is 0 Å². The fourth-order valence-corrected chi connectivity index (χ4v) is 1.24. The van der Waals surface area contributed by atoms with E-state index in [1.807, 2.05) is 19.9 Å². The Kier molecular flexibility index (Phi) is 4.16. The summed E-state index contributed by atoms with van der Waals surface area (Å²) in [6, 6.07) is 5.51. The summed E-state index contributed by atoms with van der Waals surface area (Å²) >= 11 is 0. The highest BCUT2D eigenvalue weighted by Crippen LogP contribution is 2.28. The Morgan fingerprint density at radius 1 is 1.33 bits per heavy atom. The summed E-state index contributed by atoms with van der Waals surface area (Å²) < 4.78 is 10.3. The first-order valence-electron chi connectivity index (χ1n) is 5.02. The SMILES string of the molecule is CCCC(=O)Oc1cc(C)ccc1OC. The standard InChI is InChI=1S/C12H16O3/c1-4-5-12(13)15-11-8-9(2)6-7-10(11)14-3/h6-8H,4-5H2,1-3H3. The quantitative estimate of drug-likeness (QED) is 0.563. The van der Waals surface area contributed by atoms with Crippen LogP contribution in [0.25, 0.3) is 0 Å². The van der Waals surface area contributed by atoms with Crippen molar-refractivity contribution in [3.05, 3.63) is 23.8 Å². The van der Waals surface area contributed by atoms with Crippen molar-refractivity contribution in [3.63, 3.8) is 0 Å². The number of hydrogen-bond donors (Lipinski definition) is 0. The van der Waals surface area contributed by atoms with Crippen LogP contribution in [0.3, 0.4) is 0 Å². The molecule has 3 heteroatoms. The fraction of sp³-hybridized carbons (Fsp3) is 0.417. The zero-order valence-electron chi connectivity index (χ0n) is 9.37. The van der Waals surface area contributed by atoms with E-state index in [1.165, 1.54) is 0 Å². The summed E-state index contributed by atoms with van der Waals surface area (Å²) in [6.45, 7) is 3.88. The summed E-state index contributed by atoms with van der Waals surface area (Å²) in [5.74, 6) is 0.863. The number of methoxy groups -OCH3 is 1. The van der Waals surface area contributed by atoms with Gasteiger partial charge in [0.1, 0.15) is 0 Å².